The number of nitrogens with zero attached hydrogens (tertiary/aromatic N) is 1. The molecule has 2 saturated heterocycles. The first-order chi connectivity index (χ1) is 14.5. The number of hydrogen-bond donors (Lipinski definition) is 2. The van der Waals surface area contributed by atoms with E-state index in [0.29, 0.717) is 32.6 Å². The van der Waals surface area contributed by atoms with Gasteiger partial charge in [-0.05, 0) is 37.0 Å². The van der Waals surface area contributed by atoms with Crippen LogP contribution < -0.4 is 15.4 Å². The van der Waals surface area contributed by atoms with Gasteiger partial charge in [0.2, 0.25) is 5.91 Å². The molecule has 0 unspecified atom stereocenters. The Balaban J connectivity index is 1.71. The second-order valence-electron chi connectivity index (χ2n) is 7.68. The van der Waals surface area contributed by atoms with Crippen LogP contribution in [0.2, 0.25) is 0 Å². The lowest BCUT2D eigenvalue weighted by molar-refractivity contribution is -0.128. The van der Waals surface area contributed by atoms with Crippen molar-refractivity contribution < 1.29 is 23.9 Å². The third-order valence-corrected chi connectivity index (χ3v) is 5.82. The molecule has 4 amide bonds. The lowest BCUT2D eigenvalue weighted by Crippen LogP contribution is -2.47. The van der Waals surface area contributed by atoms with Crippen molar-refractivity contribution in [3.63, 3.8) is 0 Å². The van der Waals surface area contributed by atoms with E-state index in [2.05, 4.69) is 17.2 Å². The van der Waals surface area contributed by atoms with E-state index in [1.165, 1.54) is 4.90 Å². The predicted octanol–water partition coefficient (Wildman–Crippen LogP) is 1.75. The molecule has 0 spiro atoms. The Morgan fingerprint density at radius 3 is 2.67 bits per heavy atom. The first-order valence-electron chi connectivity index (χ1n) is 10.2. The van der Waals surface area contributed by atoms with Crippen LogP contribution in [-0.2, 0) is 19.7 Å². The maximum Gasteiger partial charge on any atom is 0.324 e. The number of methoxy groups -OCH3 is 1. The normalized spacial score (nSPS) is 20.6. The highest BCUT2D eigenvalue weighted by molar-refractivity contribution is 6.04. The van der Waals surface area contributed by atoms with Crippen LogP contribution in [0.1, 0.15) is 31.2 Å². The SMILES string of the molecule is C=CCNC(=O)CC[C@H]1NC(=O)N(CC2(c3ccc(OC)cc3)CCOCC2)C1=O. The number of ether oxygens (including phenoxy) is 2. The van der Waals surface area contributed by atoms with E-state index in [1.54, 1.807) is 13.2 Å². The van der Waals surface area contributed by atoms with Gasteiger partial charge in [0.15, 0.2) is 0 Å². The molecule has 1 aromatic rings. The Kier molecular flexibility index (Phi) is 7.10. The summed E-state index contributed by atoms with van der Waals surface area (Å²) in [5, 5.41) is 5.41. The first-order valence-corrected chi connectivity index (χ1v) is 10.2. The van der Waals surface area contributed by atoms with Crippen LogP contribution in [0, 0.1) is 0 Å². The third kappa shape index (κ3) is 4.81. The van der Waals surface area contributed by atoms with Gasteiger partial charge >= 0.3 is 6.03 Å². The first kappa shape index (κ1) is 21.8. The van der Waals surface area contributed by atoms with Gasteiger partial charge in [0.05, 0.1) is 7.11 Å². The van der Waals surface area contributed by atoms with Crippen LogP contribution in [0.3, 0.4) is 0 Å². The molecule has 0 saturated carbocycles. The molecule has 162 valence electrons. The zero-order chi connectivity index (χ0) is 21.6. The Bertz CT molecular complexity index is 786. The summed E-state index contributed by atoms with van der Waals surface area (Å²) in [7, 11) is 1.62. The van der Waals surface area contributed by atoms with Gasteiger partial charge in [0, 0.05) is 38.1 Å². The highest BCUT2D eigenvalue weighted by Gasteiger charge is 2.44. The van der Waals surface area contributed by atoms with E-state index in [0.717, 1.165) is 11.3 Å². The van der Waals surface area contributed by atoms with Gasteiger partial charge in [-0.15, -0.1) is 6.58 Å². The summed E-state index contributed by atoms with van der Waals surface area (Å²) < 4.78 is 10.8. The van der Waals surface area contributed by atoms with E-state index in [4.69, 9.17) is 9.47 Å². The zero-order valence-electron chi connectivity index (χ0n) is 17.3. The monoisotopic (exact) mass is 415 g/mol. The minimum Gasteiger partial charge on any atom is -0.497 e. The summed E-state index contributed by atoms with van der Waals surface area (Å²) in [5.41, 5.74) is 0.688. The number of benzene rings is 1. The number of imide groups is 1. The molecule has 1 aromatic carbocycles. The molecule has 8 heteroatoms. The molecule has 8 nitrogen and oxygen atoms in total. The van der Waals surface area contributed by atoms with Gasteiger partial charge in [-0.25, -0.2) is 4.79 Å². The van der Waals surface area contributed by atoms with Crippen molar-refractivity contribution in [2.75, 3.05) is 33.4 Å². The Hall–Kier alpha value is -2.87. The van der Waals surface area contributed by atoms with Crippen LogP contribution in [0.25, 0.3) is 0 Å². The molecule has 1 atom stereocenters. The smallest absolute Gasteiger partial charge is 0.324 e. The Morgan fingerprint density at radius 1 is 1.33 bits per heavy atom. The molecular formula is C22H29N3O5. The fourth-order valence-electron chi connectivity index (χ4n) is 4.02. The summed E-state index contributed by atoms with van der Waals surface area (Å²) >= 11 is 0. The van der Waals surface area contributed by atoms with Gasteiger partial charge in [-0.2, -0.15) is 0 Å². The van der Waals surface area contributed by atoms with E-state index in [1.807, 2.05) is 24.3 Å². The molecule has 2 aliphatic rings. The minimum atomic E-state index is -0.681. The average Bonchev–Trinajstić information content (AvgIpc) is 3.04. The van der Waals surface area contributed by atoms with Crippen molar-refractivity contribution in [3.8, 4) is 5.75 Å². The quantitative estimate of drug-likeness (QED) is 0.473. The summed E-state index contributed by atoms with van der Waals surface area (Å²) in [5.74, 6) is 0.302. The zero-order valence-corrected chi connectivity index (χ0v) is 17.3. The van der Waals surface area contributed by atoms with E-state index in [-0.39, 0.29) is 36.6 Å². The van der Waals surface area contributed by atoms with Crippen molar-refractivity contribution in [1.29, 1.82) is 0 Å². The highest BCUT2D eigenvalue weighted by atomic mass is 16.5. The molecule has 0 aliphatic carbocycles. The summed E-state index contributed by atoms with van der Waals surface area (Å²) in [6.07, 6.45) is 3.45. The maximum absolute atomic E-state index is 12.9. The van der Waals surface area contributed by atoms with Gasteiger partial charge in [-0.1, -0.05) is 18.2 Å². The molecule has 2 aliphatic heterocycles. The lowest BCUT2D eigenvalue weighted by atomic mass is 9.73. The van der Waals surface area contributed by atoms with Gasteiger partial charge in [0.25, 0.3) is 5.91 Å². The van der Waals surface area contributed by atoms with Crippen LogP contribution in [-0.4, -0.2) is 62.2 Å². The van der Waals surface area contributed by atoms with Crippen LogP contribution in [0.15, 0.2) is 36.9 Å². The van der Waals surface area contributed by atoms with Crippen LogP contribution >= 0.6 is 0 Å². The summed E-state index contributed by atoms with van der Waals surface area (Å²) in [6, 6.07) is 6.68. The van der Waals surface area contributed by atoms with Gasteiger partial charge in [-0.3, -0.25) is 14.5 Å². The number of hydrogen-bond acceptors (Lipinski definition) is 5. The molecular weight excluding hydrogens is 386 g/mol. The molecule has 0 bridgehead atoms. The van der Waals surface area contributed by atoms with Gasteiger partial charge in [0.1, 0.15) is 11.8 Å². The second kappa shape index (κ2) is 9.75. The topological polar surface area (TPSA) is 97.0 Å². The number of carbonyl (C=O) groups excluding carboxylic acids is 3. The van der Waals surface area contributed by atoms with E-state index < -0.39 is 12.1 Å². The van der Waals surface area contributed by atoms with Crippen molar-refractivity contribution >= 4 is 17.8 Å². The molecule has 2 fully saturated rings. The van der Waals surface area contributed by atoms with Crippen LogP contribution in [0.4, 0.5) is 4.79 Å². The van der Waals surface area contributed by atoms with E-state index >= 15 is 0 Å². The third-order valence-electron chi connectivity index (χ3n) is 5.82. The maximum atomic E-state index is 12.9. The fourth-order valence-corrected chi connectivity index (χ4v) is 4.02. The van der Waals surface area contributed by atoms with Crippen LogP contribution in [0.5, 0.6) is 5.75 Å². The lowest BCUT2D eigenvalue weighted by Gasteiger charge is -2.39. The van der Waals surface area contributed by atoms with Crippen molar-refractivity contribution in [2.45, 2.75) is 37.1 Å². The molecule has 0 radical (unpaired) electrons. The molecule has 2 N–H and O–H groups in total. The molecule has 0 aromatic heterocycles. The largest absolute Gasteiger partial charge is 0.497 e. The number of rotatable bonds is 9. The second-order valence-corrected chi connectivity index (χ2v) is 7.68. The fraction of sp³-hybridized carbons (Fsp3) is 0.500. The number of carbonyl (C=O) groups is 3. The van der Waals surface area contributed by atoms with E-state index in [9.17, 15) is 14.4 Å². The van der Waals surface area contributed by atoms with Crippen molar-refractivity contribution in [3.05, 3.63) is 42.5 Å². The van der Waals surface area contributed by atoms with Crippen molar-refractivity contribution in [1.82, 2.24) is 15.5 Å². The predicted molar refractivity (Wildman–Crippen MR) is 111 cm³/mol. The minimum absolute atomic E-state index is 0.163. The average molecular weight is 415 g/mol. The number of urea groups is 1. The highest BCUT2D eigenvalue weighted by Crippen LogP contribution is 2.37. The molecule has 30 heavy (non-hydrogen) atoms. The van der Waals surface area contributed by atoms with Crippen molar-refractivity contribution in [2.24, 2.45) is 0 Å². The summed E-state index contributed by atoms with van der Waals surface area (Å²) in [6.45, 7) is 5.36. The Labute approximate surface area is 176 Å². The molecule has 2 heterocycles. The standard InChI is InChI=1S/C22H29N3O5/c1-3-12-23-19(26)9-8-18-20(27)25(21(28)24-18)15-22(10-13-30-14-11-22)16-4-6-17(29-2)7-5-16/h3-7,18H,1,8-15H2,2H3,(H,23,26)(H,24,28)/t18-/m1/s1. The number of amides is 4. The van der Waals surface area contributed by atoms with Gasteiger partial charge < -0.3 is 20.1 Å². The number of nitrogens with one attached hydrogen (secondary N) is 2. The molecule has 3 rings (SSSR count). The Morgan fingerprint density at radius 2 is 2.03 bits per heavy atom. The summed E-state index contributed by atoms with van der Waals surface area (Å²) in [4.78, 5) is 38.6.